The van der Waals surface area contributed by atoms with E-state index in [4.69, 9.17) is 0 Å². The molecule has 20 heavy (non-hydrogen) atoms. The van der Waals surface area contributed by atoms with Crippen LogP contribution in [0, 0.1) is 6.92 Å². The maximum atomic E-state index is 12.7. The van der Waals surface area contributed by atoms with E-state index >= 15 is 0 Å². The van der Waals surface area contributed by atoms with Crippen LogP contribution in [0.4, 0.5) is 0 Å². The van der Waals surface area contributed by atoms with Crippen molar-refractivity contribution in [2.75, 3.05) is 0 Å². The average molecular weight is 287 g/mol. The van der Waals surface area contributed by atoms with Crippen LogP contribution in [0.2, 0.25) is 0 Å². The molecule has 0 fully saturated rings. The number of rotatable bonds is 2. The van der Waals surface area contributed by atoms with E-state index in [1.54, 1.807) is 61.5 Å². The zero-order valence-corrected chi connectivity index (χ0v) is 11.6. The summed E-state index contributed by atoms with van der Waals surface area (Å²) in [5.41, 5.74) is 0.793. The Labute approximate surface area is 117 Å². The molecule has 1 aromatic heterocycles. The quantitative estimate of drug-likeness (QED) is 0.788. The molecule has 3 rings (SSSR count). The number of hydrogen-bond acceptors (Lipinski definition) is 3. The van der Waals surface area contributed by atoms with Gasteiger partial charge in [-0.05, 0) is 31.2 Å². The van der Waals surface area contributed by atoms with Crippen molar-refractivity contribution >= 4 is 20.9 Å². The van der Waals surface area contributed by atoms with Crippen LogP contribution >= 0.6 is 0 Å². The van der Waals surface area contributed by atoms with Crippen molar-refractivity contribution in [2.45, 2.75) is 11.8 Å². The zero-order valence-electron chi connectivity index (χ0n) is 10.8. The van der Waals surface area contributed by atoms with Crippen LogP contribution in [-0.4, -0.2) is 17.5 Å². The van der Waals surface area contributed by atoms with Gasteiger partial charge in [-0.2, -0.15) is 0 Å². The van der Waals surface area contributed by atoms with Crippen molar-refractivity contribution in [3.05, 3.63) is 60.3 Å². The van der Waals surface area contributed by atoms with Gasteiger partial charge in [0, 0.05) is 5.39 Å². The highest BCUT2D eigenvalue weighted by atomic mass is 32.2. The predicted molar refractivity (Wildman–Crippen MR) is 77.4 cm³/mol. The van der Waals surface area contributed by atoms with E-state index in [9.17, 15) is 13.5 Å². The van der Waals surface area contributed by atoms with Crippen LogP contribution < -0.4 is 0 Å². The Balaban J connectivity index is 2.39. The van der Waals surface area contributed by atoms with Crippen molar-refractivity contribution in [2.24, 2.45) is 0 Å². The molecule has 0 aliphatic carbocycles. The van der Waals surface area contributed by atoms with Crippen LogP contribution in [0.5, 0.6) is 5.75 Å². The van der Waals surface area contributed by atoms with Gasteiger partial charge >= 0.3 is 0 Å². The second-order valence-corrected chi connectivity index (χ2v) is 6.32. The molecule has 102 valence electrons. The normalized spacial score (nSPS) is 11.8. The molecule has 0 saturated heterocycles. The molecule has 0 aliphatic heterocycles. The van der Waals surface area contributed by atoms with Crippen molar-refractivity contribution in [1.29, 1.82) is 0 Å². The van der Waals surface area contributed by atoms with Crippen molar-refractivity contribution in [3.8, 4) is 5.75 Å². The number of hydrogen-bond donors (Lipinski definition) is 1. The summed E-state index contributed by atoms with van der Waals surface area (Å²) in [6.45, 7) is 1.59. The first-order valence-corrected chi connectivity index (χ1v) is 7.57. The highest BCUT2D eigenvalue weighted by molar-refractivity contribution is 7.90. The summed E-state index contributed by atoms with van der Waals surface area (Å²) in [6, 6.07) is 15.1. The maximum absolute atomic E-state index is 12.7. The fraction of sp³-hybridized carbons (Fsp3) is 0.0667. The van der Waals surface area contributed by atoms with Gasteiger partial charge in [0.25, 0.3) is 10.0 Å². The number of benzene rings is 2. The largest absolute Gasteiger partial charge is 0.505 e. The highest BCUT2D eigenvalue weighted by Gasteiger charge is 2.24. The SMILES string of the molecule is Cc1c(O)c2ccccc2n1S(=O)(=O)c1ccccc1. The summed E-state index contributed by atoms with van der Waals surface area (Å²) in [7, 11) is -3.72. The van der Waals surface area contributed by atoms with Crippen LogP contribution in [0.25, 0.3) is 10.9 Å². The van der Waals surface area contributed by atoms with Gasteiger partial charge in [-0.25, -0.2) is 12.4 Å². The summed E-state index contributed by atoms with van der Waals surface area (Å²) in [4.78, 5) is 0.198. The molecule has 0 radical (unpaired) electrons. The Morgan fingerprint density at radius 1 is 0.950 bits per heavy atom. The highest BCUT2D eigenvalue weighted by Crippen LogP contribution is 2.34. The molecule has 1 N–H and O–H groups in total. The van der Waals surface area contributed by atoms with E-state index < -0.39 is 10.0 Å². The van der Waals surface area contributed by atoms with Crippen molar-refractivity contribution in [3.63, 3.8) is 0 Å². The number of nitrogens with zero attached hydrogens (tertiary/aromatic N) is 1. The molecule has 0 unspecified atom stereocenters. The van der Waals surface area contributed by atoms with E-state index in [1.165, 1.54) is 3.97 Å². The molecule has 5 heteroatoms. The topological polar surface area (TPSA) is 59.3 Å². The van der Waals surface area contributed by atoms with E-state index in [-0.39, 0.29) is 10.6 Å². The molecule has 0 spiro atoms. The lowest BCUT2D eigenvalue weighted by atomic mass is 10.2. The van der Waals surface area contributed by atoms with Crippen LogP contribution in [0.1, 0.15) is 5.69 Å². The molecule has 0 aliphatic rings. The van der Waals surface area contributed by atoms with Gasteiger partial charge in [0.2, 0.25) is 0 Å². The molecule has 0 amide bonds. The molecule has 0 atom stereocenters. The number of aromatic nitrogens is 1. The minimum absolute atomic E-state index is 0.0000983. The molecule has 4 nitrogen and oxygen atoms in total. The Kier molecular flexibility index (Phi) is 2.79. The lowest BCUT2D eigenvalue weighted by Crippen LogP contribution is -2.14. The minimum Gasteiger partial charge on any atom is -0.505 e. The summed E-state index contributed by atoms with van der Waals surface area (Å²) in [5.74, 6) is 0.0000983. The van der Waals surface area contributed by atoms with Crippen molar-refractivity contribution < 1.29 is 13.5 Å². The van der Waals surface area contributed by atoms with Gasteiger partial charge < -0.3 is 5.11 Å². The van der Waals surface area contributed by atoms with Gasteiger partial charge in [-0.3, -0.25) is 0 Å². The molecule has 2 aromatic carbocycles. The Bertz CT molecular complexity index is 880. The first-order chi connectivity index (χ1) is 9.53. The first-order valence-electron chi connectivity index (χ1n) is 6.13. The minimum atomic E-state index is -3.72. The summed E-state index contributed by atoms with van der Waals surface area (Å²) in [6.07, 6.45) is 0. The predicted octanol–water partition coefficient (Wildman–Crippen LogP) is 2.89. The van der Waals surface area contributed by atoms with E-state index in [1.807, 2.05) is 0 Å². The molecule has 0 saturated carbocycles. The fourth-order valence-corrected chi connectivity index (χ4v) is 3.91. The smallest absolute Gasteiger partial charge is 0.268 e. The van der Waals surface area contributed by atoms with Gasteiger partial charge in [0.05, 0.1) is 16.1 Å². The van der Waals surface area contributed by atoms with E-state index in [2.05, 4.69) is 0 Å². The lowest BCUT2D eigenvalue weighted by Gasteiger charge is -2.09. The second kappa shape index (κ2) is 4.38. The van der Waals surface area contributed by atoms with Gasteiger partial charge in [0.1, 0.15) is 5.75 Å². The maximum Gasteiger partial charge on any atom is 0.268 e. The average Bonchev–Trinajstić information content (AvgIpc) is 2.73. The third kappa shape index (κ3) is 1.71. The standard InChI is InChI=1S/C15H13NO3S/c1-11-15(17)13-9-5-6-10-14(13)16(11)20(18,19)12-7-3-2-4-8-12/h2-10,17H,1H3. The van der Waals surface area contributed by atoms with Gasteiger partial charge in [0.15, 0.2) is 0 Å². The van der Waals surface area contributed by atoms with Crippen LogP contribution in [0.3, 0.4) is 0 Å². The number of fused-ring (bicyclic) bond motifs is 1. The van der Waals surface area contributed by atoms with Gasteiger partial charge in [-0.1, -0.05) is 30.3 Å². The third-order valence-corrected chi connectivity index (χ3v) is 5.13. The van der Waals surface area contributed by atoms with E-state index in [0.717, 1.165) is 0 Å². The van der Waals surface area contributed by atoms with E-state index in [0.29, 0.717) is 16.6 Å². The molecule has 0 bridgehead atoms. The lowest BCUT2D eigenvalue weighted by molar-refractivity contribution is 0.475. The number of para-hydroxylation sites is 1. The Morgan fingerprint density at radius 3 is 2.25 bits per heavy atom. The molecular formula is C15H13NO3S. The van der Waals surface area contributed by atoms with Crippen LogP contribution in [0.15, 0.2) is 59.5 Å². The van der Waals surface area contributed by atoms with Gasteiger partial charge in [-0.15, -0.1) is 0 Å². The molecule has 1 heterocycles. The first kappa shape index (κ1) is 12.7. The second-order valence-electron chi connectivity index (χ2n) is 4.53. The zero-order chi connectivity index (χ0) is 14.3. The Hall–Kier alpha value is -2.27. The Morgan fingerprint density at radius 2 is 1.55 bits per heavy atom. The summed E-state index contributed by atoms with van der Waals surface area (Å²) >= 11 is 0. The number of aromatic hydroxyl groups is 1. The molecule has 3 aromatic rings. The summed E-state index contributed by atoms with van der Waals surface area (Å²) < 4.78 is 26.7. The van der Waals surface area contributed by atoms with Crippen molar-refractivity contribution in [1.82, 2.24) is 3.97 Å². The van der Waals surface area contributed by atoms with Crippen LogP contribution in [-0.2, 0) is 10.0 Å². The fourth-order valence-electron chi connectivity index (χ4n) is 2.33. The molecular weight excluding hydrogens is 274 g/mol. The third-order valence-electron chi connectivity index (χ3n) is 3.31. The summed E-state index contributed by atoms with van der Waals surface area (Å²) in [5, 5.41) is 10.6. The monoisotopic (exact) mass is 287 g/mol.